The van der Waals surface area contributed by atoms with Crippen LogP contribution in [0.5, 0.6) is 5.75 Å². The number of hydrogen-bond donors (Lipinski definition) is 0. The molecule has 0 radical (unpaired) electrons. The first-order chi connectivity index (χ1) is 13.4. The number of ether oxygens (including phenoxy) is 1. The standard InChI is InChI=1S/C21H22ClN3O3/c1-14(2)25(21(26)15(3)27-18-11-7-10-17(22)12-18)13-19-23-20(24-28-19)16-8-5-4-6-9-16/h4-12,14-15H,13H2,1-3H3/t15-/m1/s1. The van der Waals surface area contributed by atoms with Crippen molar-refractivity contribution in [3.8, 4) is 17.1 Å². The molecule has 0 spiro atoms. The topological polar surface area (TPSA) is 68.5 Å². The number of aromatic nitrogens is 2. The molecule has 6 nitrogen and oxygen atoms in total. The lowest BCUT2D eigenvalue weighted by atomic mass is 10.2. The summed E-state index contributed by atoms with van der Waals surface area (Å²) < 4.78 is 11.1. The summed E-state index contributed by atoms with van der Waals surface area (Å²) in [6, 6.07) is 16.4. The van der Waals surface area contributed by atoms with Gasteiger partial charge in [-0.05, 0) is 39.0 Å². The molecular formula is C21H22ClN3O3. The Balaban J connectivity index is 1.71. The number of carbonyl (C=O) groups excluding carboxylic acids is 1. The lowest BCUT2D eigenvalue weighted by Crippen LogP contribution is -2.43. The maximum absolute atomic E-state index is 12.9. The second-order valence-electron chi connectivity index (χ2n) is 6.66. The molecule has 7 heteroatoms. The zero-order chi connectivity index (χ0) is 20.1. The van der Waals surface area contributed by atoms with Crippen LogP contribution in [0.15, 0.2) is 59.1 Å². The average Bonchev–Trinajstić information content (AvgIpc) is 3.15. The summed E-state index contributed by atoms with van der Waals surface area (Å²) in [5.41, 5.74) is 0.859. The van der Waals surface area contributed by atoms with Crippen molar-refractivity contribution >= 4 is 17.5 Å². The third kappa shape index (κ3) is 4.89. The van der Waals surface area contributed by atoms with Gasteiger partial charge in [0.05, 0.1) is 0 Å². The highest BCUT2D eigenvalue weighted by Gasteiger charge is 2.26. The van der Waals surface area contributed by atoms with Crippen LogP contribution in [0.3, 0.4) is 0 Å². The van der Waals surface area contributed by atoms with Crippen molar-refractivity contribution in [3.05, 3.63) is 65.5 Å². The Morgan fingerprint density at radius 3 is 2.57 bits per heavy atom. The molecule has 0 unspecified atom stereocenters. The van der Waals surface area contributed by atoms with Crippen molar-refractivity contribution in [1.82, 2.24) is 15.0 Å². The summed E-state index contributed by atoms with van der Waals surface area (Å²) in [4.78, 5) is 19.0. The lowest BCUT2D eigenvalue weighted by molar-refractivity contribution is -0.140. The molecule has 0 aliphatic carbocycles. The molecule has 3 aromatic rings. The third-order valence-corrected chi connectivity index (χ3v) is 4.40. The number of nitrogens with zero attached hydrogens (tertiary/aromatic N) is 3. The molecule has 0 saturated carbocycles. The molecule has 146 valence electrons. The molecule has 0 N–H and O–H groups in total. The second-order valence-corrected chi connectivity index (χ2v) is 7.09. The second kappa shape index (κ2) is 8.89. The van der Waals surface area contributed by atoms with Gasteiger partial charge in [0.2, 0.25) is 11.7 Å². The Hall–Kier alpha value is -2.86. The minimum Gasteiger partial charge on any atom is -0.481 e. The Bertz CT molecular complexity index is 927. The molecule has 2 aromatic carbocycles. The van der Waals surface area contributed by atoms with E-state index >= 15 is 0 Å². The summed E-state index contributed by atoms with van der Waals surface area (Å²) in [7, 11) is 0. The van der Waals surface area contributed by atoms with E-state index in [4.69, 9.17) is 20.9 Å². The smallest absolute Gasteiger partial charge is 0.264 e. The Morgan fingerprint density at radius 2 is 1.89 bits per heavy atom. The highest BCUT2D eigenvalue weighted by atomic mass is 35.5. The Kier molecular flexibility index (Phi) is 6.31. The number of amides is 1. The van der Waals surface area contributed by atoms with Crippen molar-refractivity contribution in [1.29, 1.82) is 0 Å². The predicted octanol–water partition coefficient (Wildman–Crippen LogP) is 4.59. The number of hydrogen-bond acceptors (Lipinski definition) is 5. The average molecular weight is 400 g/mol. The van der Waals surface area contributed by atoms with Gasteiger partial charge >= 0.3 is 0 Å². The Morgan fingerprint density at radius 1 is 1.14 bits per heavy atom. The van der Waals surface area contributed by atoms with E-state index in [2.05, 4.69) is 10.1 Å². The SMILES string of the molecule is CC(C)N(Cc1nc(-c2ccccc2)no1)C(=O)[C@@H](C)Oc1cccc(Cl)c1. The number of carbonyl (C=O) groups is 1. The van der Waals surface area contributed by atoms with Crippen molar-refractivity contribution in [2.75, 3.05) is 0 Å². The van der Waals surface area contributed by atoms with Crippen LogP contribution >= 0.6 is 11.6 Å². The highest BCUT2D eigenvalue weighted by molar-refractivity contribution is 6.30. The van der Waals surface area contributed by atoms with Crippen molar-refractivity contribution < 1.29 is 14.1 Å². The van der Waals surface area contributed by atoms with Crippen LogP contribution < -0.4 is 4.74 Å². The quantitative estimate of drug-likeness (QED) is 0.581. The molecule has 1 heterocycles. The normalized spacial score (nSPS) is 12.0. The molecule has 0 aliphatic heterocycles. The van der Waals surface area contributed by atoms with Gasteiger partial charge in [0.25, 0.3) is 5.91 Å². The predicted molar refractivity (Wildman–Crippen MR) is 107 cm³/mol. The number of benzene rings is 2. The molecule has 1 amide bonds. The van der Waals surface area contributed by atoms with Gasteiger partial charge < -0.3 is 14.2 Å². The van der Waals surface area contributed by atoms with Crippen LogP contribution in [0.25, 0.3) is 11.4 Å². The van der Waals surface area contributed by atoms with E-state index in [0.29, 0.717) is 22.5 Å². The fraction of sp³-hybridized carbons (Fsp3) is 0.286. The van der Waals surface area contributed by atoms with Crippen LogP contribution in [-0.2, 0) is 11.3 Å². The van der Waals surface area contributed by atoms with E-state index in [1.54, 1.807) is 36.1 Å². The van der Waals surface area contributed by atoms with Crippen LogP contribution in [0, 0.1) is 0 Å². The van der Waals surface area contributed by atoms with Crippen LogP contribution in [-0.4, -0.2) is 33.1 Å². The van der Waals surface area contributed by atoms with E-state index in [1.165, 1.54) is 0 Å². The van der Waals surface area contributed by atoms with Gasteiger partial charge in [-0.15, -0.1) is 0 Å². The summed E-state index contributed by atoms with van der Waals surface area (Å²) in [5.74, 6) is 1.24. The lowest BCUT2D eigenvalue weighted by Gasteiger charge is -2.28. The maximum Gasteiger partial charge on any atom is 0.264 e. The summed E-state index contributed by atoms with van der Waals surface area (Å²) in [6.07, 6.45) is -0.683. The van der Waals surface area contributed by atoms with Crippen molar-refractivity contribution in [2.24, 2.45) is 0 Å². The molecule has 3 rings (SSSR count). The van der Waals surface area contributed by atoms with Crippen LogP contribution in [0.4, 0.5) is 0 Å². The summed E-state index contributed by atoms with van der Waals surface area (Å²) >= 11 is 5.98. The molecule has 1 aromatic heterocycles. The van der Waals surface area contributed by atoms with Crippen molar-refractivity contribution in [3.63, 3.8) is 0 Å². The molecule has 1 atom stereocenters. The minimum atomic E-state index is -0.683. The minimum absolute atomic E-state index is 0.0648. The van der Waals surface area contributed by atoms with Gasteiger partial charge in [0, 0.05) is 16.6 Å². The van der Waals surface area contributed by atoms with Gasteiger partial charge in [0.1, 0.15) is 12.3 Å². The molecule has 0 bridgehead atoms. The zero-order valence-corrected chi connectivity index (χ0v) is 16.8. The summed E-state index contributed by atoms with van der Waals surface area (Å²) in [6.45, 7) is 5.78. The highest BCUT2D eigenvalue weighted by Crippen LogP contribution is 2.20. The molecular weight excluding hydrogens is 378 g/mol. The Labute approximate surface area is 169 Å². The van der Waals surface area contributed by atoms with Gasteiger partial charge in [-0.2, -0.15) is 4.98 Å². The molecule has 0 saturated heterocycles. The number of halogens is 1. The maximum atomic E-state index is 12.9. The van der Waals surface area contributed by atoms with Crippen LogP contribution in [0.1, 0.15) is 26.7 Å². The zero-order valence-electron chi connectivity index (χ0n) is 16.0. The van der Waals surface area contributed by atoms with Gasteiger partial charge in [0.15, 0.2) is 6.10 Å². The monoisotopic (exact) mass is 399 g/mol. The third-order valence-electron chi connectivity index (χ3n) is 4.17. The van der Waals surface area contributed by atoms with E-state index < -0.39 is 6.10 Å². The van der Waals surface area contributed by atoms with E-state index in [1.807, 2.05) is 44.2 Å². The first-order valence-corrected chi connectivity index (χ1v) is 9.42. The largest absolute Gasteiger partial charge is 0.481 e. The first kappa shape index (κ1) is 19.9. The number of rotatable bonds is 7. The van der Waals surface area contributed by atoms with E-state index in [0.717, 1.165) is 5.56 Å². The van der Waals surface area contributed by atoms with Crippen molar-refractivity contribution in [2.45, 2.75) is 39.5 Å². The van der Waals surface area contributed by atoms with Gasteiger partial charge in [-0.3, -0.25) is 4.79 Å². The fourth-order valence-corrected chi connectivity index (χ4v) is 2.89. The van der Waals surface area contributed by atoms with Gasteiger partial charge in [-0.1, -0.05) is 53.2 Å². The summed E-state index contributed by atoms with van der Waals surface area (Å²) in [5, 5.41) is 4.56. The molecule has 28 heavy (non-hydrogen) atoms. The first-order valence-electron chi connectivity index (χ1n) is 9.04. The van der Waals surface area contributed by atoms with E-state index in [-0.39, 0.29) is 18.5 Å². The van der Waals surface area contributed by atoms with Crippen LogP contribution in [0.2, 0.25) is 5.02 Å². The van der Waals surface area contributed by atoms with E-state index in [9.17, 15) is 4.79 Å². The fourth-order valence-electron chi connectivity index (χ4n) is 2.71. The molecule has 0 aliphatic rings. The molecule has 0 fully saturated rings. The van der Waals surface area contributed by atoms with Gasteiger partial charge in [-0.25, -0.2) is 0 Å².